The lowest BCUT2D eigenvalue weighted by molar-refractivity contribution is -0.115. The van der Waals surface area contributed by atoms with Gasteiger partial charge in [-0.1, -0.05) is 18.7 Å². The largest absolute Gasteiger partial charge is 0.312 e. The van der Waals surface area contributed by atoms with Gasteiger partial charge in [0, 0.05) is 11.9 Å². The first-order chi connectivity index (χ1) is 10.7. The van der Waals surface area contributed by atoms with Gasteiger partial charge >= 0.3 is 0 Å². The molecule has 0 aliphatic heterocycles. The highest BCUT2D eigenvalue weighted by Crippen LogP contribution is 2.30. The van der Waals surface area contributed by atoms with Crippen LogP contribution in [0.3, 0.4) is 0 Å². The van der Waals surface area contributed by atoms with E-state index >= 15 is 0 Å². The van der Waals surface area contributed by atoms with Crippen LogP contribution in [0.25, 0.3) is 0 Å². The van der Waals surface area contributed by atoms with Gasteiger partial charge in [-0.2, -0.15) is 0 Å². The van der Waals surface area contributed by atoms with Gasteiger partial charge in [-0.3, -0.25) is 4.79 Å². The lowest BCUT2D eigenvalue weighted by atomic mass is 10.0. The molecule has 1 aliphatic rings. The summed E-state index contributed by atoms with van der Waals surface area (Å²) >= 11 is 3.06. The highest BCUT2D eigenvalue weighted by Gasteiger charge is 2.22. The Balaban J connectivity index is 1.66. The summed E-state index contributed by atoms with van der Waals surface area (Å²) in [6.45, 7) is 2.00. The first-order valence-electron chi connectivity index (χ1n) is 7.47. The molecule has 2 aromatic rings. The molecule has 0 aromatic carbocycles. The molecule has 0 spiro atoms. The van der Waals surface area contributed by atoms with E-state index in [-0.39, 0.29) is 11.2 Å². The van der Waals surface area contributed by atoms with E-state index in [0.29, 0.717) is 0 Å². The summed E-state index contributed by atoms with van der Waals surface area (Å²) in [6, 6.07) is 0. The number of hydrogen-bond acceptors (Lipinski definition) is 6. The van der Waals surface area contributed by atoms with Gasteiger partial charge in [-0.15, -0.1) is 21.5 Å². The molecule has 1 atom stereocenters. The summed E-state index contributed by atoms with van der Waals surface area (Å²) in [5.41, 5.74) is 1.17. The average molecular weight is 337 g/mol. The quantitative estimate of drug-likeness (QED) is 0.849. The topological polar surface area (TPSA) is 72.7 Å². The molecule has 0 fully saturated rings. The van der Waals surface area contributed by atoms with Crippen LogP contribution < -0.4 is 5.32 Å². The van der Waals surface area contributed by atoms with Gasteiger partial charge in [0.1, 0.15) is 6.33 Å². The summed E-state index contributed by atoms with van der Waals surface area (Å²) in [5, 5.41) is 12.1. The van der Waals surface area contributed by atoms with Crippen molar-refractivity contribution in [3.8, 4) is 0 Å². The Morgan fingerprint density at radius 3 is 3.00 bits per heavy atom. The third-order valence-corrected chi connectivity index (χ3v) is 6.14. The Morgan fingerprint density at radius 1 is 1.50 bits per heavy atom. The maximum atomic E-state index is 12.5. The van der Waals surface area contributed by atoms with Crippen molar-refractivity contribution in [2.45, 2.75) is 49.4 Å². The first-order valence-corrected chi connectivity index (χ1v) is 9.17. The third kappa shape index (κ3) is 3.33. The van der Waals surface area contributed by atoms with Gasteiger partial charge in [-0.05, 0) is 32.1 Å². The Labute approximate surface area is 137 Å². The molecule has 118 valence electrons. The van der Waals surface area contributed by atoms with E-state index in [2.05, 4.69) is 20.5 Å². The molecule has 1 aliphatic carbocycles. The van der Waals surface area contributed by atoms with Gasteiger partial charge in [0.15, 0.2) is 10.3 Å². The monoisotopic (exact) mass is 337 g/mol. The minimum Gasteiger partial charge on any atom is -0.312 e. The van der Waals surface area contributed by atoms with Gasteiger partial charge in [0.25, 0.3) is 0 Å². The van der Waals surface area contributed by atoms with Crippen molar-refractivity contribution in [3.63, 3.8) is 0 Å². The molecule has 0 saturated heterocycles. The Kier molecular flexibility index (Phi) is 4.77. The summed E-state index contributed by atoms with van der Waals surface area (Å²) in [5.74, 6) is -0.0124. The van der Waals surface area contributed by atoms with E-state index in [1.165, 1.54) is 35.2 Å². The fourth-order valence-corrected chi connectivity index (χ4v) is 4.37. The van der Waals surface area contributed by atoms with E-state index in [4.69, 9.17) is 0 Å². The van der Waals surface area contributed by atoms with Crippen molar-refractivity contribution in [2.75, 3.05) is 5.32 Å². The Bertz CT molecular complexity index is 642. The van der Waals surface area contributed by atoms with E-state index in [9.17, 15) is 4.79 Å². The fraction of sp³-hybridized carbons (Fsp3) is 0.571. The number of thiazole rings is 1. The van der Waals surface area contributed by atoms with Crippen LogP contribution in [0.15, 0.2) is 11.5 Å². The normalized spacial score (nSPS) is 15.4. The number of carbonyl (C=O) groups excluding carboxylic acids is 1. The van der Waals surface area contributed by atoms with Crippen molar-refractivity contribution in [3.05, 3.63) is 16.9 Å². The molecule has 1 amide bonds. The highest BCUT2D eigenvalue weighted by atomic mass is 32.2. The van der Waals surface area contributed by atoms with Gasteiger partial charge < -0.3 is 9.88 Å². The van der Waals surface area contributed by atoms with Crippen LogP contribution in [0.4, 0.5) is 5.13 Å². The summed E-state index contributed by atoms with van der Waals surface area (Å²) in [7, 11) is 1.88. The van der Waals surface area contributed by atoms with Gasteiger partial charge in [0.05, 0.1) is 10.9 Å². The molecular weight excluding hydrogens is 318 g/mol. The number of rotatable bonds is 5. The SMILES string of the molecule is CC[C@H](Sc1nncn1C)C(=O)Nc1nc2c(s1)CCCC2. The number of anilines is 1. The van der Waals surface area contributed by atoms with Crippen LogP contribution >= 0.6 is 23.1 Å². The first kappa shape index (κ1) is 15.5. The molecule has 6 nitrogen and oxygen atoms in total. The van der Waals surface area contributed by atoms with Crippen molar-refractivity contribution in [1.29, 1.82) is 0 Å². The van der Waals surface area contributed by atoms with Crippen LogP contribution in [-0.4, -0.2) is 30.9 Å². The van der Waals surface area contributed by atoms with Crippen LogP contribution in [0.5, 0.6) is 0 Å². The lowest BCUT2D eigenvalue weighted by Crippen LogP contribution is -2.25. The molecule has 0 bridgehead atoms. The molecule has 0 radical (unpaired) electrons. The molecule has 3 rings (SSSR count). The van der Waals surface area contributed by atoms with Crippen molar-refractivity contribution in [2.24, 2.45) is 7.05 Å². The van der Waals surface area contributed by atoms with Crippen molar-refractivity contribution >= 4 is 34.1 Å². The molecule has 0 saturated carbocycles. The fourth-order valence-electron chi connectivity index (χ4n) is 2.42. The summed E-state index contributed by atoms with van der Waals surface area (Å²) in [6.07, 6.45) is 6.92. The molecule has 1 N–H and O–H groups in total. The van der Waals surface area contributed by atoms with Gasteiger partial charge in [-0.25, -0.2) is 4.98 Å². The van der Waals surface area contributed by atoms with E-state index in [1.54, 1.807) is 17.7 Å². The number of carbonyl (C=O) groups is 1. The Morgan fingerprint density at radius 2 is 2.32 bits per heavy atom. The number of fused-ring (bicyclic) bond motifs is 1. The standard InChI is InChI=1S/C14H19N5OS2/c1-3-10(22-14-18-15-8-19(14)2)12(20)17-13-16-9-6-4-5-7-11(9)21-13/h8,10H,3-7H2,1-2H3,(H,16,17,20)/t10-/m0/s1. The van der Waals surface area contributed by atoms with Crippen LogP contribution in [0.2, 0.25) is 0 Å². The zero-order valence-corrected chi connectivity index (χ0v) is 14.3. The van der Waals surface area contributed by atoms with E-state index < -0.39 is 0 Å². The molecule has 8 heteroatoms. The molecule has 2 aromatic heterocycles. The average Bonchev–Trinajstić information content (AvgIpc) is 3.10. The second-order valence-electron chi connectivity index (χ2n) is 5.32. The maximum absolute atomic E-state index is 12.5. The molecular formula is C14H19N5OS2. The Hall–Kier alpha value is -1.41. The van der Waals surface area contributed by atoms with Crippen LogP contribution in [-0.2, 0) is 24.7 Å². The third-order valence-electron chi connectivity index (χ3n) is 3.66. The predicted octanol–water partition coefficient (Wildman–Crippen LogP) is 2.66. The lowest BCUT2D eigenvalue weighted by Gasteiger charge is -2.12. The highest BCUT2D eigenvalue weighted by molar-refractivity contribution is 8.00. The van der Waals surface area contributed by atoms with Crippen LogP contribution in [0, 0.1) is 0 Å². The van der Waals surface area contributed by atoms with E-state index in [0.717, 1.165) is 29.6 Å². The van der Waals surface area contributed by atoms with E-state index in [1.807, 2.05) is 18.5 Å². The maximum Gasteiger partial charge on any atom is 0.239 e. The number of hydrogen-bond donors (Lipinski definition) is 1. The number of aryl methyl sites for hydroxylation is 3. The number of nitrogens with one attached hydrogen (secondary N) is 1. The minimum atomic E-state index is -0.191. The number of amides is 1. The van der Waals surface area contributed by atoms with Crippen LogP contribution in [0.1, 0.15) is 36.8 Å². The van der Waals surface area contributed by atoms with Gasteiger partial charge in [0.2, 0.25) is 5.91 Å². The number of aromatic nitrogens is 4. The summed E-state index contributed by atoms with van der Waals surface area (Å²) < 4.78 is 1.82. The minimum absolute atomic E-state index is 0.0124. The number of nitrogens with zero attached hydrogens (tertiary/aromatic N) is 4. The smallest absolute Gasteiger partial charge is 0.239 e. The second kappa shape index (κ2) is 6.78. The van der Waals surface area contributed by atoms with Crippen molar-refractivity contribution in [1.82, 2.24) is 19.7 Å². The molecule has 22 heavy (non-hydrogen) atoms. The predicted molar refractivity (Wildman–Crippen MR) is 88.3 cm³/mol. The number of thioether (sulfide) groups is 1. The summed E-state index contributed by atoms with van der Waals surface area (Å²) in [4.78, 5) is 18.4. The van der Waals surface area contributed by atoms with Crippen molar-refractivity contribution < 1.29 is 4.79 Å². The zero-order valence-electron chi connectivity index (χ0n) is 12.7. The zero-order chi connectivity index (χ0) is 15.5. The molecule has 2 heterocycles. The molecule has 0 unspecified atom stereocenters. The second-order valence-corrected chi connectivity index (χ2v) is 7.58.